The molecule has 3 aromatic carbocycles. The fourth-order valence-corrected chi connectivity index (χ4v) is 2.57. The van der Waals surface area contributed by atoms with Crippen molar-refractivity contribution < 1.29 is 66.0 Å². The van der Waals surface area contributed by atoms with Crippen molar-refractivity contribution in [3.8, 4) is 0 Å². The normalized spacial score (nSPS) is 9.36. The zero-order valence-electron chi connectivity index (χ0n) is 25.2. The van der Waals surface area contributed by atoms with Gasteiger partial charge < -0.3 is 48.9 Å². The number of carbonyl (C=O) groups excluding carboxylic acids is 7. The smallest absolute Gasteiger partial charge is 0.545 e. The fourth-order valence-electron chi connectivity index (χ4n) is 2.57. The van der Waals surface area contributed by atoms with Gasteiger partial charge in [-0.25, -0.2) is 0 Å². The summed E-state index contributed by atoms with van der Waals surface area (Å²) >= 11 is 0. The van der Waals surface area contributed by atoms with E-state index in [-0.39, 0.29) is 33.8 Å². The van der Waals surface area contributed by atoms with E-state index in [2.05, 4.69) is 0 Å². The Morgan fingerprint density at radius 2 is 0.578 bits per heavy atom. The number of hydrogen-bond donors (Lipinski definition) is 0. The molecule has 0 saturated carbocycles. The van der Waals surface area contributed by atoms with Crippen molar-refractivity contribution in [1.29, 1.82) is 0 Å². The van der Waals surface area contributed by atoms with Crippen LogP contribution in [-0.4, -0.2) is 45.1 Å². The molecule has 0 N–H and O–H groups in total. The average Bonchev–Trinajstić information content (AvgIpc) is 3.07. The van der Waals surface area contributed by atoms with Crippen molar-refractivity contribution in [2.24, 2.45) is 0 Å². The molecule has 3 rings (SSSR count). The van der Waals surface area contributed by atoms with Crippen molar-refractivity contribution >= 4 is 63.3 Å². The largest absolute Gasteiger partial charge is 3.00 e. The molecule has 0 aliphatic rings. The predicted octanol–water partition coefficient (Wildman–Crippen LogP) is 1.78. The molecule has 10 nitrogen and oxygen atoms in total. The van der Waals surface area contributed by atoms with E-state index in [0.717, 1.165) is 16.7 Å². The van der Waals surface area contributed by atoms with Gasteiger partial charge in [0.05, 0.1) is 17.9 Å². The van der Waals surface area contributed by atoms with Crippen LogP contribution in [0.3, 0.4) is 0 Å². The minimum absolute atomic E-state index is 0. The van der Waals surface area contributed by atoms with Gasteiger partial charge >= 0.3 is 17.1 Å². The van der Waals surface area contributed by atoms with Crippen LogP contribution >= 0.6 is 0 Å². The maximum atomic E-state index is 10.3. The van der Waals surface area contributed by atoms with E-state index in [1.165, 1.54) is 20.8 Å². The molecule has 0 bridgehead atoms. The van der Waals surface area contributed by atoms with E-state index >= 15 is 0 Å². The van der Waals surface area contributed by atoms with E-state index < -0.39 is 17.9 Å². The van der Waals surface area contributed by atoms with Gasteiger partial charge in [0.1, 0.15) is 27.2 Å². The monoisotopic (exact) mass is 659 g/mol. The third-order valence-electron chi connectivity index (χ3n) is 4.51. The Balaban J connectivity index is -0.000000158. The van der Waals surface area contributed by atoms with Crippen LogP contribution in [0.2, 0.25) is 0 Å². The Kier molecular flexibility index (Phi) is 37.9. The molecular weight excluding hydrogens is 624 g/mol. The average molecular weight is 659 g/mol. The first-order chi connectivity index (χ1) is 21.1. The standard InChI is InChI=1S/3C10H10O2.4CH2O.Fe/c3*1-8(10(11)12)7-9-5-3-2-4-6-9;4*1-2;/h3*2-7H,1H3,(H,11,12);4*1H2;/q;;;;;;;+3/p-3. The quantitative estimate of drug-likeness (QED) is 0.279. The van der Waals surface area contributed by atoms with Gasteiger partial charge in [-0.05, 0) is 54.2 Å². The summed E-state index contributed by atoms with van der Waals surface area (Å²) < 4.78 is 0. The molecular formula is C34H35FeO10. The Morgan fingerprint density at radius 3 is 0.711 bits per heavy atom. The van der Waals surface area contributed by atoms with Gasteiger partial charge in [-0.1, -0.05) is 109 Å². The van der Waals surface area contributed by atoms with E-state index in [9.17, 15) is 29.7 Å². The first kappa shape index (κ1) is 49.2. The summed E-state index contributed by atoms with van der Waals surface area (Å²) in [6, 6.07) is 27.8. The predicted molar refractivity (Wildman–Crippen MR) is 164 cm³/mol. The molecule has 0 aromatic heterocycles. The summed E-state index contributed by atoms with van der Waals surface area (Å²) in [7, 11) is 0. The zero-order chi connectivity index (χ0) is 34.9. The third-order valence-corrected chi connectivity index (χ3v) is 4.51. The summed E-state index contributed by atoms with van der Waals surface area (Å²) in [6.45, 7) is 12.5. The Labute approximate surface area is 273 Å². The van der Waals surface area contributed by atoms with Crippen LogP contribution in [-0.2, 0) is 50.6 Å². The van der Waals surface area contributed by atoms with Crippen LogP contribution < -0.4 is 15.3 Å². The van der Waals surface area contributed by atoms with Crippen LogP contribution in [0.15, 0.2) is 108 Å². The number of hydrogen-bond acceptors (Lipinski definition) is 10. The molecule has 0 aliphatic carbocycles. The number of benzene rings is 3. The molecule has 0 spiro atoms. The maximum Gasteiger partial charge on any atom is 3.00 e. The van der Waals surface area contributed by atoms with Crippen LogP contribution in [0, 0.1) is 0 Å². The summed E-state index contributed by atoms with van der Waals surface area (Å²) in [4.78, 5) is 63.0. The minimum atomic E-state index is -1.13. The van der Waals surface area contributed by atoms with Gasteiger partial charge in [-0.3, -0.25) is 0 Å². The molecule has 0 heterocycles. The molecule has 0 aliphatic heterocycles. The van der Waals surface area contributed by atoms with E-state index in [4.69, 9.17) is 19.2 Å². The van der Waals surface area contributed by atoms with Crippen molar-refractivity contribution in [3.05, 3.63) is 124 Å². The molecule has 0 amide bonds. The summed E-state index contributed by atoms with van der Waals surface area (Å²) in [6.07, 6.45) is 4.74. The molecule has 0 unspecified atom stereocenters. The maximum absolute atomic E-state index is 10.3. The van der Waals surface area contributed by atoms with Crippen LogP contribution in [0.4, 0.5) is 0 Å². The Morgan fingerprint density at radius 1 is 0.422 bits per heavy atom. The van der Waals surface area contributed by atoms with Crippen LogP contribution in [0.1, 0.15) is 37.5 Å². The van der Waals surface area contributed by atoms with Crippen molar-refractivity contribution in [1.82, 2.24) is 0 Å². The first-order valence-corrected chi connectivity index (χ1v) is 12.1. The van der Waals surface area contributed by atoms with Crippen molar-refractivity contribution in [2.45, 2.75) is 20.8 Å². The molecule has 1 radical (unpaired) electrons. The summed E-state index contributed by atoms with van der Waals surface area (Å²) in [5.74, 6) is -3.38. The number of carboxylic acids is 3. The van der Waals surface area contributed by atoms with E-state index in [0.29, 0.717) is 0 Å². The number of aliphatic carboxylic acids is 3. The Bertz CT molecular complexity index is 1130. The SMILES string of the molecule is C=O.C=O.C=O.C=O.CC(=Cc1ccccc1)C(=O)[O-].CC(=Cc1ccccc1)C(=O)[O-].CC(=Cc1ccccc1)C(=O)[O-].[Fe+3]. The van der Waals surface area contributed by atoms with Gasteiger partial charge in [0, 0.05) is 0 Å². The molecule has 0 saturated heterocycles. The summed E-state index contributed by atoms with van der Waals surface area (Å²) in [5, 5.41) is 31.0. The number of carbonyl (C=O) groups is 7. The first-order valence-electron chi connectivity index (χ1n) is 12.1. The topological polar surface area (TPSA) is 189 Å². The van der Waals surface area contributed by atoms with Crippen LogP contribution in [0.25, 0.3) is 18.2 Å². The number of rotatable bonds is 6. The number of carboxylic acid groups (broad SMARTS) is 3. The van der Waals surface area contributed by atoms with Gasteiger partial charge in [0.2, 0.25) is 0 Å². The Hall–Kier alpha value is -5.51. The van der Waals surface area contributed by atoms with Gasteiger partial charge in [-0.2, -0.15) is 0 Å². The van der Waals surface area contributed by atoms with Crippen LogP contribution in [0.5, 0.6) is 0 Å². The third kappa shape index (κ3) is 28.4. The zero-order valence-corrected chi connectivity index (χ0v) is 26.3. The van der Waals surface area contributed by atoms with E-state index in [1.54, 1.807) is 18.2 Å². The van der Waals surface area contributed by atoms with Gasteiger partial charge in [0.25, 0.3) is 0 Å². The molecule has 0 fully saturated rings. The molecule has 3 aromatic rings. The van der Waals surface area contributed by atoms with Crippen molar-refractivity contribution in [2.75, 3.05) is 0 Å². The molecule has 45 heavy (non-hydrogen) atoms. The molecule has 11 heteroatoms. The second-order valence-electron chi connectivity index (χ2n) is 7.58. The van der Waals surface area contributed by atoms with Gasteiger partial charge in [-0.15, -0.1) is 0 Å². The molecule has 239 valence electrons. The summed E-state index contributed by atoms with van der Waals surface area (Å²) in [5.41, 5.74) is 3.33. The second-order valence-corrected chi connectivity index (χ2v) is 7.58. The van der Waals surface area contributed by atoms with E-state index in [1.807, 2.05) is 118 Å². The molecule has 0 atom stereocenters. The van der Waals surface area contributed by atoms with Gasteiger partial charge in [0.15, 0.2) is 0 Å². The second kappa shape index (κ2) is 34.7. The van der Waals surface area contributed by atoms with Crippen molar-refractivity contribution in [3.63, 3.8) is 0 Å². The fraction of sp³-hybridized carbons (Fsp3) is 0.0882. The minimum Gasteiger partial charge on any atom is -0.545 e.